The van der Waals surface area contributed by atoms with Crippen molar-refractivity contribution in [2.75, 3.05) is 7.11 Å². The lowest BCUT2D eigenvalue weighted by Crippen LogP contribution is -2.13. The Kier molecular flexibility index (Phi) is 5.46. The Labute approximate surface area is 144 Å². The summed E-state index contributed by atoms with van der Waals surface area (Å²) in [5.41, 5.74) is 2.40. The Morgan fingerprint density at radius 2 is 1.96 bits per heavy atom. The van der Waals surface area contributed by atoms with E-state index < -0.39 is 17.9 Å². The summed E-state index contributed by atoms with van der Waals surface area (Å²) in [6, 6.07) is 0. The smallest absolute Gasteiger partial charge is 0.339 e. The number of aliphatic carboxylic acids is 1. The monoisotopic (exact) mass is 348 g/mol. The first-order valence-electron chi connectivity index (χ1n) is 7.78. The molecule has 0 atom stereocenters. The number of carboxylic acid groups (broad SMARTS) is 2. The number of fused-ring (bicyclic) bond motifs is 1. The molecule has 0 aromatic heterocycles. The highest BCUT2D eigenvalue weighted by Crippen LogP contribution is 2.38. The topological polar surface area (TPSA) is 110 Å². The number of benzene rings is 1. The molecule has 0 aliphatic carbocycles. The molecule has 2 rings (SSSR count). The van der Waals surface area contributed by atoms with Crippen molar-refractivity contribution in [2.45, 2.75) is 39.7 Å². The third-order valence-electron chi connectivity index (χ3n) is 4.28. The van der Waals surface area contributed by atoms with Crippen LogP contribution in [0.4, 0.5) is 0 Å². The number of aromatic carboxylic acids is 1. The predicted octanol–water partition coefficient (Wildman–Crippen LogP) is 2.73. The first kappa shape index (κ1) is 18.5. The van der Waals surface area contributed by atoms with Gasteiger partial charge in [-0.05, 0) is 32.3 Å². The van der Waals surface area contributed by atoms with E-state index in [9.17, 15) is 19.5 Å². The fourth-order valence-corrected chi connectivity index (χ4v) is 2.97. The lowest BCUT2D eigenvalue weighted by atomic mass is 9.90. The minimum Gasteiger partial charge on any atom is -0.496 e. The number of carboxylic acids is 2. The van der Waals surface area contributed by atoms with Crippen molar-refractivity contribution in [3.05, 3.63) is 39.5 Å². The molecule has 1 aromatic carbocycles. The average Bonchev–Trinajstić information content (AvgIpc) is 2.92. The second-order valence-electron chi connectivity index (χ2n) is 5.89. The third kappa shape index (κ3) is 3.65. The number of cyclic esters (lactones) is 1. The van der Waals surface area contributed by atoms with Gasteiger partial charge in [-0.1, -0.05) is 11.6 Å². The van der Waals surface area contributed by atoms with Crippen LogP contribution in [0.15, 0.2) is 11.6 Å². The number of carbonyl (C=O) groups is 3. The molecule has 0 bridgehead atoms. The molecule has 0 spiro atoms. The van der Waals surface area contributed by atoms with Crippen molar-refractivity contribution in [2.24, 2.45) is 0 Å². The summed E-state index contributed by atoms with van der Waals surface area (Å²) in [5.74, 6) is -2.35. The van der Waals surface area contributed by atoms with E-state index in [1.165, 1.54) is 7.11 Å². The van der Waals surface area contributed by atoms with Gasteiger partial charge in [0.25, 0.3) is 0 Å². The van der Waals surface area contributed by atoms with Crippen molar-refractivity contribution in [1.29, 1.82) is 0 Å². The van der Waals surface area contributed by atoms with Crippen LogP contribution >= 0.6 is 0 Å². The normalized spacial score (nSPS) is 13.4. The van der Waals surface area contributed by atoms with E-state index in [4.69, 9.17) is 14.6 Å². The van der Waals surface area contributed by atoms with Crippen LogP contribution in [0.3, 0.4) is 0 Å². The van der Waals surface area contributed by atoms with Gasteiger partial charge in [-0.15, -0.1) is 0 Å². The molecular formula is C18H20O7. The molecule has 0 fully saturated rings. The zero-order chi connectivity index (χ0) is 18.7. The van der Waals surface area contributed by atoms with Crippen LogP contribution in [0.25, 0.3) is 0 Å². The minimum absolute atomic E-state index is 0.000791. The molecule has 1 heterocycles. The second-order valence-corrected chi connectivity index (χ2v) is 5.89. The maximum Gasteiger partial charge on any atom is 0.339 e. The Morgan fingerprint density at radius 3 is 2.52 bits per heavy atom. The molecule has 1 aliphatic heterocycles. The van der Waals surface area contributed by atoms with Crippen molar-refractivity contribution in [3.63, 3.8) is 0 Å². The molecule has 0 amide bonds. The van der Waals surface area contributed by atoms with Gasteiger partial charge in [-0.2, -0.15) is 0 Å². The van der Waals surface area contributed by atoms with Gasteiger partial charge in [0.1, 0.15) is 12.4 Å². The molecule has 25 heavy (non-hydrogen) atoms. The zero-order valence-corrected chi connectivity index (χ0v) is 14.3. The summed E-state index contributed by atoms with van der Waals surface area (Å²) in [5, 5.41) is 18.4. The number of rotatable bonds is 7. The van der Waals surface area contributed by atoms with E-state index in [0.29, 0.717) is 28.9 Å². The maximum absolute atomic E-state index is 12.0. The average molecular weight is 348 g/mol. The standard InChI is InChI=1S/C18H20O7/c1-9(5-7-13(19)20)4-6-11-14(17(21)22)15-12(8-25-18(15)23)10(2)16(11)24-3/h4H,5-8H2,1-3H3,(H,19,20)(H,21,22). The van der Waals surface area contributed by atoms with Crippen molar-refractivity contribution in [3.8, 4) is 5.75 Å². The molecule has 0 saturated heterocycles. The van der Waals surface area contributed by atoms with Crippen LogP contribution in [0.5, 0.6) is 5.75 Å². The number of esters is 1. The Morgan fingerprint density at radius 1 is 1.28 bits per heavy atom. The molecule has 7 nitrogen and oxygen atoms in total. The van der Waals surface area contributed by atoms with E-state index in [0.717, 1.165) is 5.57 Å². The van der Waals surface area contributed by atoms with Gasteiger partial charge in [-0.3, -0.25) is 4.79 Å². The summed E-state index contributed by atoms with van der Waals surface area (Å²) in [6.07, 6.45) is 2.35. The predicted molar refractivity (Wildman–Crippen MR) is 88.1 cm³/mol. The summed E-state index contributed by atoms with van der Waals surface area (Å²) in [6.45, 7) is 3.57. The molecule has 0 saturated carbocycles. The highest BCUT2D eigenvalue weighted by atomic mass is 16.5. The van der Waals surface area contributed by atoms with Crippen LogP contribution < -0.4 is 4.74 Å². The first-order chi connectivity index (χ1) is 11.8. The molecule has 7 heteroatoms. The maximum atomic E-state index is 12.0. The van der Waals surface area contributed by atoms with E-state index in [1.807, 2.05) is 0 Å². The Bertz CT molecular complexity index is 774. The van der Waals surface area contributed by atoms with E-state index in [-0.39, 0.29) is 30.6 Å². The lowest BCUT2D eigenvalue weighted by Gasteiger charge is -2.17. The largest absolute Gasteiger partial charge is 0.496 e. The summed E-state index contributed by atoms with van der Waals surface area (Å²) < 4.78 is 10.4. The molecule has 1 aliphatic rings. The molecular weight excluding hydrogens is 328 g/mol. The van der Waals surface area contributed by atoms with Crippen LogP contribution in [0.1, 0.15) is 57.2 Å². The van der Waals surface area contributed by atoms with Gasteiger partial charge in [0.2, 0.25) is 0 Å². The van der Waals surface area contributed by atoms with Crippen LogP contribution in [0.2, 0.25) is 0 Å². The number of methoxy groups -OCH3 is 1. The highest BCUT2D eigenvalue weighted by Gasteiger charge is 2.34. The van der Waals surface area contributed by atoms with Crippen LogP contribution in [-0.4, -0.2) is 35.2 Å². The van der Waals surface area contributed by atoms with Gasteiger partial charge in [-0.25, -0.2) is 9.59 Å². The number of allylic oxidation sites excluding steroid dienone is 2. The molecule has 0 radical (unpaired) electrons. The van der Waals surface area contributed by atoms with E-state index in [1.54, 1.807) is 19.9 Å². The Hall–Kier alpha value is -2.83. The lowest BCUT2D eigenvalue weighted by molar-refractivity contribution is -0.136. The third-order valence-corrected chi connectivity index (χ3v) is 4.28. The van der Waals surface area contributed by atoms with Gasteiger partial charge >= 0.3 is 17.9 Å². The van der Waals surface area contributed by atoms with Crippen molar-refractivity contribution >= 4 is 17.9 Å². The Balaban J connectivity index is 2.53. The zero-order valence-electron chi connectivity index (χ0n) is 14.3. The molecule has 2 N–H and O–H groups in total. The fraction of sp³-hybridized carbons (Fsp3) is 0.389. The van der Waals surface area contributed by atoms with E-state index in [2.05, 4.69) is 0 Å². The molecule has 0 unspecified atom stereocenters. The van der Waals surface area contributed by atoms with Gasteiger partial charge in [0, 0.05) is 17.5 Å². The van der Waals surface area contributed by atoms with E-state index >= 15 is 0 Å². The summed E-state index contributed by atoms with van der Waals surface area (Å²) in [7, 11) is 1.45. The molecule has 1 aromatic rings. The number of carbonyl (C=O) groups excluding carboxylic acids is 1. The SMILES string of the molecule is COc1c(C)c2c(c(C(=O)O)c1CC=C(C)CCC(=O)O)C(=O)OC2. The second kappa shape index (κ2) is 7.38. The number of ether oxygens (including phenoxy) is 2. The van der Waals surface area contributed by atoms with Gasteiger partial charge in [0.15, 0.2) is 0 Å². The highest BCUT2D eigenvalue weighted by molar-refractivity contribution is 6.07. The summed E-state index contributed by atoms with van der Waals surface area (Å²) in [4.78, 5) is 34.5. The first-order valence-corrected chi connectivity index (χ1v) is 7.78. The summed E-state index contributed by atoms with van der Waals surface area (Å²) >= 11 is 0. The minimum atomic E-state index is -1.22. The molecule has 134 valence electrons. The fourth-order valence-electron chi connectivity index (χ4n) is 2.97. The number of hydrogen-bond donors (Lipinski definition) is 2. The quantitative estimate of drug-likeness (QED) is 0.576. The van der Waals surface area contributed by atoms with Crippen LogP contribution in [0, 0.1) is 6.92 Å². The van der Waals surface area contributed by atoms with Crippen LogP contribution in [-0.2, 0) is 22.6 Å². The van der Waals surface area contributed by atoms with Crippen molar-refractivity contribution in [1.82, 2.24) is 0 Å². The van der Waals surface area contributed by atoms with Gasteiger partial charge in [0.05, 0.1) is 18.2 Å². The number of hydrogen-bond acceptors (Lipinski definition) is 5. The van der Waals surface area contributed by atoms with Gasteiger partial charge < -0.3 is 19.7 Å². The van der Waals surface area contributed by atoms with Crippen molar-refractivity contribution < 1.29 is 34.1 Å².